The summed E-state index contributed by atoms with van der Waals surface area (Å²) in [6.45, 7) is 2.54. The Morgan fingerprint density at radius 1 is 1.36 bits per heavy atom. The summed E-state index contributed by atoms with van der Waals surface area (Å²) in [6.07, 6.45) is 3.28. The van der Waals surface area contributed by atoms with Crippen LogP contribution in [-0.2, 0) is 10.0 Å². The molecule has 1 saturated heterocycles. The van der Waals surface area contributed by atoms with E-state index >= 15 is 0 Å². The van der Waals surface area contributed by atoms with Crippen LogP contribution in [0, 0.1) is 5.92 Å². The number of benzene rings is 1. The van der Waals surface area contributed by atoms with Crippen LogP contribution in [0.15, 0.2) is 24.3 Å². The van der Waals surface area contributed by atoms with E-state index in [0.717, 1.165) is 32.2 Å². The molecule has 8 heteroatoms. The van der Waals surface area contributed by atoms with Crippen LogP contribution in [0.25, 0.3) is 0 Å². The standard InChI is InChI=1S/C14H21N3O3S.ClH/c1-21(19,20)17-13-7-3-2-6-12(13)14(18)16-10-11-5-4-8-15-9-11;/h2-3,6-7,11,15,17H,4-5,8-10H2,1H3,(H,16,18);1H. The van der Waals surface area contributed by atoms with Gasteiger partial charge in [-0.15, -0.1) is 12.4 Å². The number of anilines is 1. The highest BCUT2D eigenvalue weighted by Crippen LogP contribution is 2.16. The molecule has 1 fully saturated rings. The fourth-order valence-corrected chi connectivity index (χ4v) is 2.98. The molecule has 1 aliphatic rings. The van der Waals surface area contributed by atoms with E-state index in [2.05, 4.69) is 15.4 Å². The predicted molar refractivity (Wildman–Crippen MR) is 90.1 cm³/mol. The predicted octanol–water partition coefficient (Wildman–Crippen LogP) is 1.21. The number of piperidine rings is 1. The van der Waals surface area contributed by atoms with Crippen molar-refractivity contribution in [2.24, 2.45) is 5.92 Å². The van der Waals surface area contributed by atoms with Gasteiger partial charge in [0.25, 0.3) is 5.91 Å². The van der Waals surface area contributed by atoms with Gasteiger partial charge in [0.2, 0.25) is 10.0 Å². The van der Waals surface area contributed by atoms with Crippen molar-refractivity contribution < 1.29 is 13.2 Å². The summed E-state index contributed by atoms with van der Waals surface area (Å²) in [5.41, 5.74) is 0.644. The topological polar surface area (TPSA) is 87.3 Å². The number of rotatable bonds is 5. The third-order valence-corrected chi connectivity index (χ3v) is 4.01. The van der Waals surface area contributed by atoms with Crippen molar-refractivity contribution in [2.75, 3.05) is 30.6 Å². The van der Waals surface area contributed by atoms with Gasteiger partial charge < -0.3 is 10.6 Å². The third-order valence-electron chi connectivity index (χ3n) is 3.42. The molecule has 0 aliphatic carbocycles. The molecule has 1 amide bonds. The van der Waals surface area contributed by atoms with E-state index in [0.29, 0.717) is 23.7 Å². The van der Waals surface area contributed by atoms with Gasteiger partial charge in [-0.1, -0.05) is 12.1 Å². The SMILES string of the molecule is CS(=O)(=O)Nc1ccccc1C(=O)NCC1CCCNC1.Cl. The lowest BCUT2D eigenvalue weighted by molar-refractivity contribution is 0.0945. The van der Waals surface area contributed by atoms with Crippen LogP contribution in [0.1, 0.15) is 23.2 Å². The van der Waals surface area contributed by atoms with Crippen molar-refractivity contribution >= 4 is 34.0 Å². The smallest absolute Gasteiger partial charge is 0.253 e. The van der Waals surface area contributed by atoms with Gasteiger partial charge in [-0.05, 0) is 44.0 Å². The summed E-state index contributed by atoms with van der Waals surface area (Å²) < 4.78 is 25.0. The molecule has 1 aromatic carbocycles. The molecule has 1 atom stereocenters. The van der Waals surface area contributed by atoms with E-state index in [1.54, 1.807) is 24.3 Å². The Kier molecular flexibility index (Phi) is 7.12. The maximum Gasteiger partial charge on any atom is 0.253 e. The van der Waals surface area contributed by atoms with Crippen LogP contribution in [-0.4, -0.2) is 40.2 Å². The summed E-state index contributed by atoms with van der Waals surface area (Å²) in [4.78, 5) is 12.2. The molecule has 1 aromatic rings. The second-order valence-electron chi connectivity index (χ2n) is 5.34. The molecule has 6 nitrogen and oxygen atoms in total. The number of nitrogens with one attached hydrogen (secondary N) is 3. The average Bonchev–Trinajstić information content (AvgIpc) is 2.45. The lowest BCUT2D eigenvalue weighted by atomic mass is 9.99. The van der Waals surface area contributed by atoms with Crippen LogP contribution < -0.4 is 15.4 Å². The zero-order chi connectivity index (χ0) is 15.3. The Labute approximate surface area is 137 Å². The minimum atomic E-state index is -3.41. The van der Waals surface area contributed by atoms with Gasteiger partial charge in [-0.25, -0.2) is 8.42 Å². The lowest BCUT2D eigenvalue weighted by Gasteiger charge is -2.23. The number of hydrogen-bond donors (Lipinski definition) is 3. The van der Waals surface area contributed by atoms with Crippen LogP contribution in [0.4, 0.5) is 5.69 Å². The zero-order valence-corrected chi connectivity index (χ0v) is 14.1. The van der Waals surface area contributed by atoms with Gasteiger partial charge in [0.15, 0.2) is 0 Å². The average molecular weight is 348 g/mol. The number of sulfonamides is 1. The summed E-state index contributed by atoms with van der Waals surface area (Å²) in [5.74, 6) is 0.171. The molecule has 124 valence electrons. The van der Waals surface area contributed by atoms with Crippen LogP contribution in [0.2, 0.25) is 0 Å². The number of amides is 1. The van der Waals surface area contributed by atoms with Crippen molar-refractivity contribution in [2.45, 2.75) is 12.8 Å². The van der Waals surface area contributed by atoms with Crippen LogP contribution >= 0.6 is 12.4 Å². The molecule has 3 N–H and O–H groups in total. The molecule has 1 aliphatic heterocycles. The van der Waals surface area contributed by atoms with Gasteiger partial charge >= 0.3 is 0 Å². The number of halogens is 1. The molecular formula is C14H22ClN3O3S. The van der Waals surface area contributed by atoms with Crippen molar-refractivity contribution in [1.82, 2.24) is 10.6 Å². The summed E-state index contributed by atoms with van der Waals surface area (Å²) >= 11 is 0. The molecule has 22 heavy (non-hydrogen) atoms. The molecular weight excluding hydrogens is 326 g/mol. The molecule has 0 spiro atoms. The highest BCUT2D eigenvalue weighted by molar-refractivity contribution is 7.92. The Balaban J connectivity index is 0.00000242. The van der Waals surface area contributed by atoms with Gasteiger partial charge in [-0.3, -0.25) is 9.52 Å². The Bertz CT molecular complexity index is 601. The maximum absolute atomic E-state index is 12.2. The van der Waals surface area contributed by atoms with Gasteiger partial charge in [0.1, 0.15) is 0 Å². The van der Waals surface area contributed by atoms with Gasteiger partial charge in [0.05, 0.1) is 17.5 Å². The molecule has 2 rings (SSSR count). The van der Waals surface area contributed by atoms with Gasteiger partial charge in [0, 0.05) is 6.54 Å². The zero-order valence-electron chi connectivity index (χ0n) is 12.5. The normalized spacial score (nSPS) is 18.1. The summed E-state index contributed by atoms with van der Waals surface area (Å²) in [6, 6.07) is 6.60. The van der Waals surface area contributed by atoms with E-state index in [1.807, 2.05) is 0 Å². The minimum absolute atomic E-state index is 0. The first kappa shape index (κ1) is 18.7. The quantitative estimate of drug-likeness (QED) is 0.747. The maximum atomic E-state index is 12.2. The largest absolute Gasteiger partial charge is 0.352 e. The molecule has 0 aromatic heterocycles. The minimum Gasteiger partial charge on any atom is -0.352 e. The Morgan fingerprint density at radius 2 is 2.09 bits per heavy atom. The number of carbonyl (C=O) groups is 1. The van der Waals surface area contributed by atoms with Crippen molar-refractivity contribution in [3.8, 4) is 0 Å². The van der Waals surface area contributed by atoms with Crippen molar-refractivity contribution in [3.05, 3.63) is 29.8 Å². The second-order valence-corrected chi connectivity index (χ2v) is 7.09. The Morgan fingerprint density at radius 3 is 2.73 bits per heavy atom. The first-order valence-electron chi connectivity index (χ1n) is 7.01. The molecule has 0 saturated carbocycles. The van der Waals surface area contributed by atoms with Gasteiger partial charge in [-0.2, -0.15) is 0 Å². The molecule has 0 radical (unpaired) electrons. The number of carbonyl (C=O) groups excluding carboxylic acids is 1. The monoisotopic (exact) mass is 347 g/mol. The van der Waals surface area contributed by atoms with Crippen molar-refractivity contribution in [1.29, 1.82) is 0 Å². The molecule has 1 heterocycles. The van der Waals surface area contributed by atoms with E-state index in [-0.39, 0.29) is 18.3 Å². The van der Waals surface area contributed by atoms with Crippen molar-refractivity contribution in [3.63, 3.8) is 0 Å². The van der Waals surface area contributed by atoms with Crippen LogP contribution in [0.3, 0.4) is 0 Å². The highest BCUT2D eigenvalue weighted by Gasteiger charge is 2.17. The fourth-order valence-electron chi connectivity index (χ4n) is 2.40. The van der Waals surface area contributed by atoms with E-state index in [4.69, 9.17) is 0 Å². The van der Waals surface area contributed by atoms with E-state index < -0.39 is 10.0 Å². The first-order valence-corrected chi connectivity index (χ1v) is 8.90. The van der Waals surface area contributed by atoms with E-state index in [1.165, 1.54) is 0 Å². The lowest BCUT2D eigenvalue weighted by Crippen LogP contribution is -2.38. The summed E-state index contributed by atoms with van der Waals surface area (Å²) in [7, 11) is -3.41. The number of para-hydroxylation sites is 1. The molecule has 1 unspecified atom stereocenters. The third kappa shape index (κ3) is 5.82. The molecule has 0 bridgehead atoms. The van der Waals surface area contributed by atoms with Crippen LogP contribution in [0.5, 0.6) is 0 Å². The number of hydrogen-bond acceptors (Lipinski definition) is 4. The Hall–Kier alpha value is -1.31. The second kappa shape index (κ2) is 8.36. The fraction of sp³-hybridized carbons (Fsp3) is 0.500. The first-order chi connectivity index (χ1) is 9.96. The summed E-state index contributed by atoms with van der Waals surface area (Å²) in [5, 5.41) is 6.18. The van der Waals surface area contributed by atoms with E-state index in [9.17, 15) is 13.2 Å². The highest BCUT2D eigenvalue weighted by atomic mass is 35.5.